The summed E-state index contributed by atoms with van der Waals surface area (Å²) in [4.78, 5) is 11.2. The molecule has 154 valence electrons. The number of imidazole rings is 1. The topological polar surface area (TPSA) is 78.0 Å². The Morgan fingerprint density at radius 3 is 2.45 bits per heavy atom. The molecule has 2 aromatic heterocycles. The van der Waals surface area contributed by atoms with E-state index in [2.05, 4.69) is 4.98 Å². The van der Waals surface area contributed by atoms with E-state index in [1.807, 2.05) is 88.8 Å². The molecule has 4 aromatic rings. The maximum Gasteiger partial charge on any atom is 0.135 e. The maximum atomic E-state index is 10.9. The number of aliphatic hydroxyl groups is 1. The number of aliphatic hydroxyl groups excluding tert-OH is 1. The summed E-state index contributed by atoms with van der Waals surface area (Å²) in [7, 11) is 1.94. The van der Waals surface area contributed by atoms with Crippen molar-refractivity contribution in [2.45, 2.75) is 6.04 Å². The van der Waals surface area contributed by atoms with Crippen LogP contribution in [0.2, 0.25) is 0 Å². The minimum absolute atomic E-state index is 0.161. The third-order valence-corrected chi connectivity index (χ3v) is 6.31. The van der Waals surface area contributed by atoms with Gasteiger partial charge in [-0.2, -0.15) is 0 Å². The molecule has 1 aliphatic heterocycles. The van der Waals surface area contributed by atoms with Crippen LogP contribution in [0.3, 0.4) is 0 Å². The quantitative estimate of drug-likeness (QED) is 0.475. The predicted molar refractivity (Wildman–Crippen MR) is 123 cm³/mol. The lowest BCUT2D eigenvalue weighted by molar-refractivity contribution is 0.312. The summed E-state index contributed by atoms with van der Waals surface area (Å²) in [5, 5.41) is 22.4. The van der Waals surface area contributed by atoms with Gasteiger partial charge in [-0.1, -0.05) is 60.7 Å². The molecular formula is C24H21N5OS. The summed E-state index contributed by atoms with van der Waals surface area (Å²) in [5.41, 5.74) is 3.36. The monoisotopic (exact) mass is 427 g/mol. The van der Waals surface area contributed by atoms with Gasteiger partial charge in [-0.15, -0.1) is 11.3 Å². The van der Waals surface area contributed by atoms with Crippen molar-refractivity contribution in [3.05, 3.63) is 101 Å². The molecule has 31 heavy (non-hydrogen) atoms. The molecule has 0 saturated heterocycles. The first-order chi connectivity index (χ1) is 15.1. The number of benzene rings is 2. The summed E-state index contributed by atoms with van der Waals surface area (Å²) in [6.45, 7) is 0.237. The van der Waals surface area contributed by atoms with Gasteiger partial charge in [0.2, 0.25) is 0 Å². The van der Waals surface area contributed by atoms with Crippen molar-refractivity contribution >= 4 is 22.7 Å². The Labute approximate surface area is 184 Å². The van der Waals surface area contributed by atoms with Gasteiger partial charge in [0.1, 0.15) is 28.5 Å². The number of hydrogen-bond acceptors (Lipinski definition) is 5. The highest BCUT2D eigenvalue weighted by Gasteiger charge is 2.37. The normalized spacial score (nSPS) is 15.0. The fourth-order valence-corrected chi connectivity index (χ4v) is 4.81. The Balaban J connectivity index is 1.51. The van der Waals surface area contributed by atoms with Crippen molar-refractivity contribution in [2.75, 3.05) is 6.54 Å². The van der Waals surface area contributed by atoms with Gasteiger partial charge in [0.05, 0.1) is 17.8 Å². The second kappa shape index (κ2) is 7.85. The average molecular weight is 428 g/mol. The van der Waals surface area contributed by atoms with Crippen LogP contribution in [0.15, 0.2) is 84.2 Å². The highest BCUT2D eigenvalue weighted by atomic mass is 32.1. The van der Waals surface area contributed by atoms with Crippen LogP contribution in [0.4, 0.5) is 0 Å². The summed E-state index contributed by atoms with van der Waals surface area (Å²) in [6, 6.07) is 19.6. The molecule has 5 rings (SSSR count). The van der Waals surface area contributed by atoms with E-state index < -0.39 is 0 Å². The van der Waals surface area contributed by atoms with E-state index in [9.17, 15) is 5.11 Å². The van der Waals surface area contributed by atoms with Gasteiger partial charge in [-0.3, -0.25) is 5.41 Å². The molecule has 0 saturated carbocycles. The number of aromatic nitrogens is 3. The fraction of sp³-hybridized carbons (Fsp3) is 0.125. The van der Waals surface area contributed by atoms with Crippen LogP contribution in [0.25, 0.3) is 16.8 Å². The van der Waals surface area contributed by atoms with Gasteiger partial charge in [-0.25, -0.2) is 9.97 Å². The minimum Gasteiger partial charge on any atom is -0.510 e. The first-order valence-corrected chi connectivity index (χ1v) is 10.8. The van der Waals surface area contributed by atoms with Gasteiger partial charge in [0.25, 0.3) is 0 Å². The average Bonchev–Trinajstić information content (AvgIpc) is 3.50. The molecular weight excluding hydrogens is 406 g/mol. The van der Waals surface area contributed by atoms with Crippen LogP contribution in [0.5, 0.6) is 0 Å². The molecule has 1 atom stereocenters. The molecule has 0 radical (unpaired) electrons. The Morgan fingerprint density at radius 1 is 1.06 bits per heavy atom. The van der Waals surface area contributed by atoms with Crippen molar-refractivity contribution in [1.29, 1.82) is 5.41 Å². The lowest BCUT2D eigenvalue weighted by atomic mass is 10.0. The van der Waals surface area contributed by atoms with Crippen molar-refractivity contribution in [3.63, 3.8) is 0 Å². The number of nitrogens with one attached hydrogen (secondary N) is 1. The molecule has 0 spiro atoms. The molecule has 0 unspecified atom stereocenters. The van der Waals surface area contributed by atoms with E-state index in [-0.39, 0.29) is 24.2 Å². The van der Waals surface area contributed by atoms with Crippen LogP contribution >= 0.6 is 11.3 Å². The molecule has 0 amide bonds. The molecule has 6 nitrogen and oxygen atoms in total. The molecule has 2 aromatic carbocycles. The Kier molecular flexibility index (Phi) is 4.88. The third kappa shape index (κ3) is 3.43. The summed E-state index contributed by atoms with van der Waals surface area (Å²) < 4.78 is 1.96. The van der Waals surface area contributed by atoms with E-state index in [1.54, 1.807) is 6.20 Å². The molecule has 0 bridgehead atoms. The van der Waals surface area contributed by atoms with E-state index >= 15 is 0 Å². The molecule has 0 aliphatic carbocycles. The van der Waals surface area contributed by atoms with Crippen LogP contribution in [-0.2, 0) is 7.05 Å². The highest BCUT2D eigenvalue weighted by molar-refractivity contribution is 7.11. The first-order valence-electron chi connectivity index (χ1n) is 9.94. The third-order valence-electron chi connectivity index (χ3n) is 5.45. The molecule has 7 heteroatoms. The Hall–Kier alpha value is -3.71. The second-order valence-corrected chi connectivity index (χ2v) is 8.27. The van der Waals surface area contributed by atoms with Crippen molar-refractivity contribution in [1.82, 2.24) is 19.4 Å². The first kappa shape index (κ1) is 19.3. The number of nitrogens with zero attached hydrogens (tertiary/aromatic N) is 4. The second-order valence-electron chi connectivity index (χ2n) is 7.41. The maximum absolute atomic E-state index is 10.9. The van der Waals surface area contributed by atoms with Crippen LogP contribution in [0.1, 0.15) is 22.4 Å². The summed E-state index contributed by atoms with van der Waals surface area (Å²) in [5.74, 6) is 1.23. The summed E-state index contributed by atoms with van der Waals surface area (Å²) in [6.07, 6.45) is 3.65. The molecule has 0 fully saturated rings. The summed E-state index contributed by atoms with van der Waals surface area (Å²) >= 11 is 1.44. The van der Waals surface area contributed by atoms with Crippen LogP contribution < -0.4 is 0 Å². The fourth-order valence-electron chi connectivity index (χ4n) is 3.92. The van der Waals surface area contributed by atoms with Gasteiger partial charge in [0, 0.05) is 30.4 Å². The largest absolute Gasteiger partial charge is 0.510 e. The number of rotatable bonds is 5. The SMILES string of the molecule is Cn1ccnc1[C@H](c1ccccc1)N1CC(O)=C(c2nc(-c3ccccc3)cs2)C1=N. The Bertz CT molecular complexity index is 1260. The minimum atomic E-state index is -0.290. The highest BCUT2D eigenvalue weighted by Crippen LogP contribution is 2.38. The molecule has 3 heterocycles. The number of thiazole rings is 1. The standard InChI is InChI=1S/C24H21N5OS/c1-28-13-12-26-23(28)21(17-10-6-3-7-11-17)29-14-19(30)20(22(29)25)24-27-18(15-31-24)16-8-4-2-5-9-16/h2-13,15,21,25,30H,14H2,1H3/t21-/m0/s1. The lowest BCUT2D eigenvalue weighted by Gasteiger charge is -2.29. The van der Waals surface area contributed by atoms with E-state index in [4.69, 9.17) is 10.4 Å². The van der Waals surface area contributed by atoms with E-state index in [0.717, 1.165) is 22.6 Å². The van der Waals surface area contributed by atoms with Crippen LogP contribution in [0, 0.1) is 5.41 Å². The zero-order valence-corrected chi connectivity index (χ0v) is 17.8. The zero-order chi connectivity index (χ0) is 21.4. The predicted octanol–water partition coefficient (Wildman–Crippen LogP) is 4.90. The Morgan fingerprint density at radius 2 is 1.77 bits per heavy atom. The number of aryl methyl sites for hydroxylation is 1. The van der Waals surface area contributed by atoms with Crippen molar-refractivity contribution in [2.24, 2.45) is 7.05 Å². The van der Waals surface area contributed by atoms with E-state index in [1.165, 1.54) is 11.3 Å². The zero-order valence-electron chi connectivity index (χ0n) is 16.9. The van der Waals surface area contributed by atoms with Crippen LogP contribution in [-0.4, -0.2) is 36.9 Å². The number of amidine groups is 1. The molecule has 2 N–H and O–H groups in total. The van der Waals surface area contributed by atoms with Crippen molar-refractivity contribution < 1.29 is 5.11 Å². The smallest absolute Gasteiger partial charge is 0.135 e. The lowest BCUT2D eigenvalue weighted by Crippen LogP contribution is -2.33. The van der Waals surface area contributed by atoms with Crippen molar-refractivity contribution in [3.8, 4) is 11.3 Å². The van der Waals surface area contributed by atoms with Gasteiger partial charge in [0.15, 0.2) is 0 Å². The molecule has 1 aliphatic rings. The van der Waals surface area contributed by atoms with Gasteiger partial charge < -0.3 is 14.6 Å². The van der Waals surface area contributed by atoms with Gasteiger partial charge >= 0.3 is 0 Å². The van der Waals surface area contributed by atoms with Gasteiger partial charge in [-0.05, 0) is 5.56 Å². The number of hydrogen-bond donors (Lipinski definition) is 2. The van der Waals surface area contributed by atoms with E-state index in [0.29, 0.717) is 10.6 Å².